The molecule has 0 heterocycles. The third kappa shape index (κ3) is 5.02. The van der Waals surface area contributed by atoms with E-state index in [9.17, 15) is 9.59 Å². The molecule has 0 atom stereocenters. The molecular weight excluding hydrogens is 288 g/mol. The third-order valence-corrected chi connectivity index (χ3v) is 2.84. The molecule has 1 aromatic rings. The second-order valence-electron chi connectivity index (χ2n) is 4.25. The van der Waals surface area contributed by atoms with Crippen LogP contribution >= 0.6 is 0 Å². The molecule has 0 aromatic heterocycles. The van der Waals surface area contributed by atoms with Crippen LogP contribution in [-0.4, -0.2) is 39.0 Å². The van der Waals surface area contributed by atoms with Crippen LogP contribution in [0.3, 0.4) is 0 Å². The maximum absolute atomic E-state index is 11.7. The molecule has 0 aliphatic rings. The van der Waals surface area contributed by atoms with E-state index in [0.29, 0.717) is 6.54 Å². The molecule has 0 aliphatic carbocycles. The molecule has 22 heavy (non-hydrogen) atoms. The lowest BCUT2D eigenvalue weighted by Gasteiger charge is -2.05. The molecule has 0 bridgehead atoms. The SMILES string of the molecule is COC(=O)C(=N)C=C([NH2+]Cc1ccc(OC)cc1)C(=O)OC. The van der Waals surface area contributed by atoms with Gasteiger partial charge in [-0.2, -0.15) is 0 Å². The summed E-state index contributed by atoms with van der Waals surface area (Å²) in [5, 5.41) is 9.12. The van der Waals surface area contributed by atoms with Crippen molar-refractivity contribution in [1.82, 2.24) is 0 Å². The van der Waals surface area contributed by atoms with Crippen molar-refractivity contribution in [3.05, 3.63) is 41.6 Å². The fourth-order valence-electron chi connectivity index (χ4n) is 1.63. The molecule has 1 rings (SSSR count). The van der Waals surface area contributed by atoms with E-state index in [0.717, 1.165) is 17.4 Å². The second-order valence-corrected chi connectivity index (χ2v) is 4.25. The van der Waals surface area contributed by atoms with Gasteiger partial charge in [-0.3, -0.25) is 5.41 Å². The van der Waals surface area contributed by atoms with Gasteiger partial charge in [0.25, 0.3) is 0 Å². The molecule has 3 N–H and O–H groups in total. The highest BCUT2D eigenvalue weighted by molar-refractivity contribution is 6.40. The van der Waals surface area contributed by atoms with E-state index in [1.807, 2.05) is 12.1 Å². The van der Waals surface area contributed by atoms with Crippen LogP contribution in [0.2, 0.25) is 0 Å². The number of rotatable bonds is 7. The van der Waals surface area contributed by atoms with Crippen LogP contribution in [0.5, 0.6) is 5.75 Å². The number of quaternary nitrogens is 1. The Hall–Kier alpha value is -2.67. The molecular formula is C15H19N2O5+. The van der Waals surface area contributed by atoms with Crippen LogP contribution in [0.25, 0.3) is 0 Å². The van der Waals surface area contributed by atoms with Gasteiger partial charge in [0, 0.05) is 11.6 Å². The number of nitrogens with one attached hydrogen (secondary N) is 1. The molecule has 0 radical (unpaired) electrons. The highest BCUT2D eigenvalue weighted by Gasteiger charge is 2.18. The Morgan fingerprint density at radius 1 is 1.09 bits per heavy atom. The quantitative estimate of drug-likeness (QED) is 0.420. The smallest absolute Gasteiger partial charge is 0.392 e. The predicted octanol–water partition coefficient (Wildman–Crippen LogP) is 0.00827. The van der Waals surface area contributed by atoms with Crippen molar-refractivity contribution in [1.29, 1.82) is 5.41 Å². The van der Waals surface area contributed by atoms with Gasteiger partial charge in [0.2, 0.25) is 5.70 Å². The van der Waals surface area contributed by atoms with Gasteiger partial charge < -0.3 is 19.5 Å². The van der Waals surface area contributed by atoms with Crippen molar-refractivity contribution in [2.75, 3.05) is 21.3 Å². The zero-order valence-electron chi connectivity index (χ0n) is 12.7. The summed E-state index contributed by atoms with van der Waals surface area (Å²) in [5.74, 6) is -0.707. The largest absolute Gasteiger partial charge is 0.497 e. The zero-order chi connectivity index (χ0) is 16.5. The van der Waals surface area contributed by atoms with Crippen LogP contribution in [0.1, 0.15) is 5.56 Å². The summed E-state index contributed by atoms with van der Waals surface area (Å²) >= 11 is 0. The van der Waals surface area contributed by atoms with Gasteiger partial charge in [-0.05, 0) is 24.3 Å². The van der Waals surface area contributed by atoms with Crippen LogP contribution < -0.4 is 10.1 Å². The average molecular weight is 307 g/mol. The molecule has 0 amide bonds. The first kappa shape index (κ1) is 17.4. The first-order valence-electron chi connectivity index (χ1n) is 6.44. The van der Waals surface area contributed by atoms with Crippen molar-refractivity contribution in [2.24, 2.45) is 0 Å². The Bertz CT molecular complexity index is 578. The fraction of sp³-hybridized carbons (Fsp3) is 0.267. The number of carbonyl (C=O) groups is 2. The minimum atomic E-state index is -0.820. The lowest BCUT2D eigenvalue weighted by molar-refractivity contribution is -0.618. The van der Waals surface area contributed by atoms with Gasteiger partial charge in [-0.1, -0.05) is 0 Å². The van der Waals surface area contributed by atoms with Gasteiger partial charge in [0.15, 0.2) is 0 Å². The van der Waals surface area contributed by atoms with Gasteiger partial charge >= 0.3 is 11.9 Å². The molecule has 7 nitrogen and oxygen atoms in total. The summed E-state index contributed by atoms with van der Waals surface area (Å²) in [6.07, 6.45) is 1.13. The highest BCUT2D eigenvalue weighted by Crippen LogP contribution is 2.10. The van der Waals surface area contributed by atoms with E-state index in [4.69, 9.17) is 10.1 Å². The van der Waals surface area contributed by atoms with Crippen molar-refractivity contribution in [3.63, 3.8) is 0 Å². The molecule has 0 aliphatic heterocycles. The van der Waals surface area contributed by atoms with Crippen LogP contribution in [0, 0.1) is 5.41 Å². The number of carbonyl (C=O) groups excluding carboxylic acids is 2. The maximum Gasteiger partial charge on any atom is 0.392 e. The van der Waals surface area contributed by atoms with E-state index in [1.54, 1.807) is 24.6 Å². The highest BCUT2D eigenvalue weighted by atomic mass is 16.5. The minimum absolute atomic E-state index is 0.119. The Morgan fingerprint density at radius 3 is 2.18 bits per heavy atom. The van der Waals surface area contributed by atoms with E-state index in [1.165, 1.54) is 14.2 Å². The van der Waals surface area contributed by atoms with Crippen molar-refractivity contribution < 1.29 is 29.1 Å². The van der Waals surface area contributed by atoms with Crippen LogP contribution in [0.4, 0.5) is 0 Å². The topological polar surface area (TPSA) is 102 Å². The summed E-state index contributed by atoms with van der Waals surface area (Å²) in [4.78, 5) is 22.9. The Labute approximate surface area is 128 Å². The summed E-state index contributed by atoms with van der Waals surface area (Å²) in [7, 11) is 3.99. The van der Waals surface area contributed by atoms with Crippen LogP contribution in [0.15, 0.2) is 36.0 Å². The van der Waals surface area contributed by atoms with Gasteiger partial charge in [0.1, 0.15) is 18.0 Å². The number of benzene rings is 1. The predicted molar refractivity (Wildman–Crippen MR) is 78.5 cm³/mol. The molecule has 7 heteroatoms. The Kier molecular flexibility index (Phi) is 6.78. The van der Waals surface area contributed by atoms with Gasteiger partial charge in [-0.25, -0.2) is 9.59 Å². The maximum atomic E-state index is 11.7. The van der Waals surface area contributed by atoms with Crippen molar-refractivity contribution in [2.45, 2.75) is 6.54 Å². The second kappa shape index (κ2) is 8.58. The zero-order valence-corrected chi connectivity index (χ0v) is 12.7. The summed E-state index contributed by atoms with van der Waals surface area (Å²) in [5.41, 5.74) is 0.641. The molecule has 1 aromatic carbocycles. The van der Waals surface area contributed by atoms with E-state index < -0.39 is 17.7 Å². The number of ether oxygens (including phenoxy) is 3. The molecule has 0 fully saturated rings. The number of nitrogens with two attached hydrogens (primary N) is 1. The first-order chi connectivity index (χ1) is 10.5. The fourth-order valence-corrected chi connectivity index (χ4v) is 1.63. The average Bonchev–Trinajstić information content (AvgIpc) is 2.57. The summed E-state index contributed by atoms with van der Waals surface area (Å²) in [6, 6.07) is 7.33. The molecule has 0 saturated carbocycles. The Balaban J connectivity index is 2.81. The van der Waals surface area contributed by atoms with Crippen molar-refractivity contribution >= 4 is 17.7 Å². The third-order valence-electron chi connectivity index (χ3n) is 2.84. The summed E-state index contributed by atoms with van der Waals surface area (Å²) < 4.78 is 14.1. The van der Waals surface area contributed by atoms with E-state index in [2.05, 4.69) is 9.47 Å². The van der Waals surface area contributed by atoms with E-state index >= 15 is 0 Å². The minimum Gasteiger partial charge on any atom is -0.497 e. The van der Waals surface area contributed by atoms with Gasteiger partial charge in [0.05, 0.1) is 21.3 Å². The molecule has 118 valence electrons. The number of esters is 2. The number of methoxy groups -OCH3 is 3. The van der Waals surface area contributed by atoms with Crippen LogP contribution in [-0.2, 0) is 25.6 Å². The van der Waals surface area contributed by atoms with Crippen molar-refractivity contribution in [3.8, 4) is 5.75 Å². The van der Waals surface area contributed by atoms with Gasteiger partial charge in [-0.15, -0.1) is 0 Å². The molecule has 0 unspecified atom stereocenters. The monoisotopic (exact) mass is 307 g/mol. The molecule has 0 spiro atoms. The van der Waals surface area contributed by atoms with E-state index in [-0.39, 0.29) is 5.70 Å². The summed E-state index contributed by atoms with van der Waals surface area (Å²) in [6.45, 7) is 0.444. The molecule has 0 saturated heterocycles. The Morgan fingerprint density at radius 2 is 1.68 bits per heavy atom. The number of hydrogen-bond acceptors (Lipinski definition) is 6. The lowest BCUT2D eigenvalue weighted by Crippen LogP contribution is -2.82. The number of hydrogen-bond donors (Lipinski definition) is 2. The normalized spacial score (nSPS) is 10.8. The lowest BCUT2D eigenvalue weighted by atomic mass is 10.2. The standard InChI is InChI=1S/C15H18N2O5/c1-20-11-6-4-10(5-7-11)9-17-13(15(19)22-3)8-12(16)14(18)21-2/h4-8,16-17H,9H2,1-3H3/p+1. The first-order valence-corrected chi connectivity index (χ1v) is 6.44.